The van der Waals surface area contributed by atoms with Gasteiger partial charge < -0.3 is 5.32 Å². The van der Waals surface area contributed by atoms with Crippen LogP contribution in [-0.2, 0) is 18.4 Å². The van der Waals surface area contributed by atoms with Gasteiger partial charge in [0.1, 0.15) is 6.54 Å². The van der Waals surface area contributed by atoms with Crippen LogP contribution in [-0.4, -0.2) is 25.5 Å². The number of nitrogens with one attached hydrogen (secondary N) is 1. The molecule has 108 valence electrons. The van der Waals surface area contributed by atoms with E-state index in [0.29, 0.717) is 0 Å². The van der Waals surface area contributed by atoms with Crippen molar-refractivity contribution in [1.29, 1.82) is 0 Å². The maximum absolute atomic E-state index is 12.0. The van der Waals surface area contributed by atoms with Crippen molar-refractivity contribution in [2.24, 2.45) is 7.05 Å². The summed E-state index contributed by atoms with van der Waals surface area (Å²) in [5.41, 5.74) is 2.95. The van der Waals surface area contributed by atoms with Gasteiger partial charge in [-0.05, 0) is 36.7 Å². The van der Waals surface area contributed by atoms with Crippen LogP contribution in [0, 0.1) is 13.8 Å². The molecule has 2 heterocycles. The molecule has 0 bridgehead atoms. The number of carbonyl (C=O) groups excluding carboxylic acids is 1. The molecule has 0 radical (unpaired) electrons. The molecule has 7 heteroatoms. The smallest absolute Gasteiger partial charge is 0.242 e. The van der Waals surface area contributed by atoms with Gasteiger partial charge in [0.05, 0.1) is 22.4 Å². The van der Waals surface area contributed by atoms with Crippen LogP contribution < -0.4 is 5.32 Å². The normalized spacial score (nSPS) is 12.4. The summed E-state index contributed by atoms with van der Waals surface area (Å²) in [6.07, 6.45) is 3.59. The Balaban J connectivity index is 1.99. The number of amides is 1. The number of aryl methyl sites for hydroxylation is 2. The quantitative estimate of drug-likeness (QED) is 0.924. The van der Waals surface area contributed by atoms with Crippen molar-refractivity contribution in [3.63, 3.8) is 0 Å². The third kappa shape index (κ3) is 3.09. The van der Waals surface area contributed by atoms with E-state index in [1.54, 1.807) is 21.8 Å². The molecule has 0 saturated heterocycles. The van der Waals surface area contributed by atoms with Gasteiger partial charge in [-0.3, -0.25) is 14.2 Å². The maximum atomic E-state index is 12.0. The Bertz CT molecular complexity index is 611. The van der Waals surface area contributed by atoms with Crippen molar-refractivity contribution in [3.8, 4) is 0 Å². The second kappa shape index (κ2) is 5.78. The van der Waals surface area contributed by atoms with Crippen molar-refractivity contribution < 1.29 is 4.79 Å². The molecule has 2 aromatic rings. The van der Waals surface area contributed by atoms with Gasteiger partial charge in [-0.1, -0.05) is 0 Å². The van der Waals surface area contributed by atoms with Gasteiger partial charge in [-0.25, -0.2) is 0 Å². The van der Waals surface area contributed by atoms with Gasteiger partial charge >= 0.3 is 0 Å². The van der Waals surface area contributed by atoms with Crippen LogP contribution in [0.15, 0.2) is 16.9 Å². The molecule has 0 spiro atoms. The van der Waals surface area contributed by atoms with Crippen molar-refractivity contribution in [2.45, 2.75) is 33.4 Å². The summed E-state index contributed by atoms with van der Waals surface area (Å²) in [7, 11) is 1.89. The zero-order valence-electron chi connectivity index (χ0n) is 12.0. The van der Waals surface area contributed by atoms with E-state index >= 15 is 0 Å². The Hall–Kier alpha value is -1.63. The minimum Gasteiger partial charge on any atom is -0.348 e. The first-order valence-electron chi connectivity index (χ1n) is 6.36. The standard InChI is InChI=1S/C13H18BrN5O/c1-8(11-5-15-18(4)10(11)3)16-13(20)7-19-6-12(14)9(2)17-19/h5-6,8H,7H2,1-4H3,(H,16,20). The molecule has 0 aliphatic carbocycles. The summed E-state index contributed by atoms with van der Waals surface area (Å²) in [4.78, 5) is 12.0. The number of hydrogen-bond acceptors (Lipinski definition) is 3. The van der Waals surface area contributed by atoms with Crippen LogP contribution in [0.1, 0.15) is 29.9 Å². The third-order valence-corrected chi connectivity index (χ3v) is 4.09. The topological polar surface area (TPSA) is 64.7 Å². The molecule has 0 aliphatic heterocycles. The van der Waals surface area contributed by atoms with Gasteiger partial charge in [-0.2, -0.15) is 10.2 Å². The van der Waals surface area contributed by atoms with E-state index in [9.17, 15) is 4.79 Å². The SMILES string of the molecule is Cc1nn(CC(=O)NC(C)c2cnn(C)c2C)cc1Br. The fraction of sp³-hybridized carbons (Fsp3) is 0.462. The van der Waals surface area contributed by atoms with Crippen LogP contribution >= 0.6 is 15.9 Å². The summed E-state index contributed by atoms with van der Waals surface area (Å²) in [5, 5.41) is 11.4. The van der Waals surface area contributed by atoms with Crippen molar-refractivity contribution in [3.05, 3.63) is 33.8 Å². The van der Waals surface area contributed by atoms with E-state index in [4.69, 9.17) is 0 Å². The van der Waals surface area contributed by atoms with E-state index in [2.05, 4.69) is 31.4 Å². The van der Waals surface area contributed by atoms with Crippen LogP contribution in [0.3, 0.4) is 0 Å². The first-order chi connectivity index (χ1) is 9.38. The highest BCUT2D eigenvalue weighted by Gasteiger charge is 2.15. The van der Waals surface area contributed by atoms with E-state index in [1.165, 1.54) is 0 Å². The Labute approximate surface area is 126 Å². The summed E-state index contributed by atoms with van der Waals surface area (Å²) in [5.74, 6) is -0.0734. The van der Waals surface area contributed by atoms with Crippen LogP contribution in [0.25, 0.3) is 0 Å². The van der Waals surface area contributed by atoms with Gasteiger partial charge in [0, 0.05) is 24.5 Å². The molecule has 20 heavy (non-hydrogen) atoms. The summed E-state index contributed by atoms with van der Waals surface area (Å²) >= 11 is 3.38. The lowest BCUT2D eigenvalue weighted by molar-refractivity contribution is -0.122. The maximum Gasteiger partial charge on any atom is 0.242 e. The fourth-order valence-corrected chi connectivity index (χ4v) is 2.34. The van der Waals surface area contributed by atoms with Gasteiger partial charge in [-0.15, -0.1) is 0 Å². The van der Waals surface area contributed by atoms with Crippen molar-refractivity contribution in [1.82, 2.24) is 24.9 Å². The van der Waals surface area contributed by atoms with E-state index in [0.717, 1.165) is 21.4 Å². The molecule has 1 N–H and O–H groups in total. The molecular formula is C13H18BrN5O. The molecule has 0 aliphatic rings. The van der Waals surface area contributed by atoms with Crippen LogP contribution in [0.2, 0.25) is 0 Å². The number of halogens is 1. The second-order valence-corrected chi connectivity index (χ2v) is 5.71. The molecule has 0 fully saturated rings. The molecule has 2 rings (SSSR count). The zero-order chi connectivity index (χ0) is 14.9. The van der Waals surface area contributed by atoms with Crippen LogP contribution in [0.5, 0.6) is 0 Å². The number of carbonyl (C=O) groups is 1. The zero-order valence-corrected chi connectivity index (χ0v) is 13.6. The highest BCUT2D eigenvalue weighted by atomic mass is 79.9. The van der Waals surface area contributed by atoms with Crippen molar-refractivity contribution in [2.75, 3.05) is 0 Å². The Morgan fingerprint density at radius 1 is 1.50 bits per heavy atom. The molecule has 0 aromatic carbocycles. The predicted octanol–water partition coefficient (Wildman–Crippen LogP) is 1.87. The lowest BCUT2D eigenvalue weighted by Gasteiger charge is -2.13. The van der Waals surface area contributed by atoms with Gasteiger partial charge in [0.2, 0.25) is 5.91 Å². The monoisotopic (exact) mass is 339 g/mol. The Morgan fingerprint density at radius 2 is 2.20 bits per heavy atom. The average Bonchev–Trinajstić information content (AvgIpc) is 2.84. The first kappa shape index (κ1) is 14.8. The molecular weight excluding hydrogens is 322 g/mol. The molecule has 1 unspecified atom stereocenters. The molecule has 6 nitrogen and oxygen atoms in total. The van der Waals surface area contributed by atoms with E-state index in [1.807, 2.05) is 27.8 Å². The average molecular weight is 340 g/mol. The fourth-order valence-electron chi connectivity index (χ4n) is 2.03. The minimum atomic E-state index is -0.0734. The Kier molecular flexibility index (Phi) is 4.27. The molecule has 0 saturated carbocycles. The number of rotatable bonds is 4. The third-order valence-electron chi connectivity index (χ3n) is 3.31. The number of hydrogen-bond donors (Lipinski definition) is 1. The van der Waals surface area contributed by atoms with Crippen molar-refractivity contribution >= 4 is 21.8 Å². The number of aromatic nitrogens is 4. The van der Waals surface area contributed by atoms with E-state index in [-0.39, 0.29) is 18.5 Å². The predicted molar refractivity (Wildman–Crippen MR) is 79.2 cm³/mol. The van der Waals surface area contributed by atoms with Crippen LogP contribution in [0.4, 0.5) is 0 Å². The molecule has 1 atom stereocenters. The highest BCUT2D eigenvalue weighted by molar-refractivity contribution is 9.10. The first-order valence-corrected chi connectivity index (χ1v) is 7.15. The second-order valence-electron chi connectivity index (χ2n) is 4.86. The lowest BCUT2D eigenvalue weighted by Crippen LogP contribution is -2.30. The van der Waals surface area contributed by atoms with E-state index < -0.39 is 0 Å². The summed E-state index contributed by atoms with van der Waals surface area (Å²) in [6.45, 7) is 6.03. The minimum absolute atomic E-state index is 0.0729. The summed E-state index contributed by atoms with van der Waals surface area (Å²) < 4.78 is 4.32. The Morgan fingerprint density at radius 3 is 2.70 bits per heavy atom. The molecule has 2 aromatic heterocycles. The van der Waals surface area contributed by atoms with Gasteiger partial charge in [0.25, 0.3) is 0 Å². The molecule has 1 amide bonds. The highest BCUT2D eigenvalue weighted by Crippen LogP contribution is 2.16. The summed E-state index contributed by atoms with van der Waals surface area (Å²) in [6, 6.07) is -0.0729. The van der Waals surface area contributed by atoms with Gasteiger partial charge in [0.15, 0.2) is 0 Å². The largest absolute Gasteiger partial charge is 0.348 e. The lowest BCUT2D eigenvalue weighted by atomic mass is 10.1. The number of nitrogens with zero attached hydrogens (tertiary/aromatic N) is 4.